The Morgan fingerprint density at radius 2 is 1.59 bits per heavy atom. The Morgan fingerprint density at radius 1 is 0.966 bits per heavy atom. The lowest BCUT2D eigenvalue weighted by Gasteiger charge is -2.20. The van der Waals surface area contributed by atoms with Gasteiger partial charge in [0.25, 0.3) is 5.91 Å². The van der Waals surface area contributed by atoms with E-state index in [4.69, 9.17) is 11.6 Å². The van der Waals surface area contributed by atoms with Gasteiger partial charge >= 0.3 is 0 Å². The molecule has 0 spiro atoms. The molecule has 0 aliphatic rings. The molecule has 0 aliphatic carbocycles. The van der Waals surface area contributed by atoms with E-state index in [0.29, 0.717) is 34.8 Å². The molecule has 3 amide bonds. The molecule has 154 valence electrons. The highest BCUT2D eigenvalue weighted by Gasteiger charge is 2.23. The van der Waals surface area contributed by atoms with E-state index in [1.807, 2.05) is 13.8 Å². The first kappa shape index (κ1) is 22.4. The Balaban J connectivity index is 2.10. The highest BCUT2D eigenvalue weighted by molar-refractivity contribution is 6.30. The van der Waals surface area contributed by atoms with Crippen LogP contribution < -0.4 is 16.0 Å². The third kappa shape index (κ3) is 7.23. The van der Waals surface area contributed by atoms with Crippen LogP contribution >= 0.6 is 11.6 Å². The van der Waals surface area contributed by atoms with Crippen molar-refractivity contribution in [2.24, 2.45) is 5.92 Å². The average molecular weight is 416 g/mol. The van der Waals surface area contributed by atoms with Crippen molar-refractivity contribution in [3.05, 3.63) is 59.1 Å². The van der Waals surface area contributed by atoms with Crippen LogP contribution in [0.3, 0.4) is 0 Å². The Morgan fingerprint density at radius 3 is 2.17 bits per heavy atom. The van der Waals surface area contributed by atoms with E-state index in [9.17, 15) is 14.4 Å². The lowest BCUT2D eigenvalue weighted by Crippen LogP contribution is -2.44. The summed E-state index contributed by atoms with van der Waals surface area (Å²) >= 11 is 5.86. The van der Waals surface area contributed by atoms with Crippen LogP contribution in [0.2, 0.25) is 5.02 Å². The fraction of sp³-hybridized carbons (Fsp3) is 0.318. The van der Waals surface area contributed by atoms with Crippen LogP contribution in [0.25, 0.3) is 0 Å². The molecule has 3 N–H and O–H groups in total. The summed E-state index contributed by atoms with van der Waals surface area (Å²) in [5, 5.41) is 8.90. The second kappa shape index (κ2) is 10.6. The van der Waals surface area contributed by atoms with Crippen LogP contribution in [-0.2, 0) is 9.59 Å². The number of benzene rings is 2. The summed E-state index contributed by atoms with van der Waals surface area (Å²) in [6.07, 6.45) is 0.848. The van der Waals surface area contributed by atoms with Crippen molar-refractivity contribution in [3.8, 4) is 0 Å². The summed E-state index contributed by atoms with van der Waals surface area (Å²) in [7, 11) is 0. The normalized spacial score (nSPS) is 11.6. The highest BCUT2D eigenvalue weighted by Crippen LogP contribution is 2.17. The van der Waals surface area contributed by atoms with E-state index in [1.165, 1.54) is 0 Å². The predicted octanol–water partition coefficient (Wildman–Crippen LogP) is 4.47. The summed E-state index contributed by atoms with van der Waals surface area (Å²) in [6, 6.07) is 12.7. The zero-order valence-electron chi connectivity index (χ0n) is 16.8. The molecule has 2 aromatic carbocycles. The Hall–Kier alpha value is -2.86. The summed E-state index contributed by atoms with van der Waals surface area (Å²) in [5.74, 6) is -0.570. The maximum atomic E-state index is 12.8. The molecule has 1 atom stereocenters. The first-order chi connectivity index (χ1) is 13.8. The van der Waals surface area contributed by atoms with E-state index < -0.39 is 6.04 Å². The highest BCUT2D eigenvalue weighted by atomic mass is 35.5. The number of carbonyl (C=O) groups excluding carboxylic acids is 3. The molecular weight excluding hydrogens is 390 g/mol. The number of halogens is 1. The number of nitrogens with one attached hydrogen (secondary N) is 3. The van der Waals surface area contributed by atoms with Crippen molar-refractivity contribution in [2.75, 3.05) is 10.6 Å². The van der Waals surface area contributed by atoms with Crippen molar-refractivity contribution in [1.29, 1.82) is 0 Å². The third-order valence-corrected chi connectivity index (χ3v) is 4.42. The fourth-order valence-electron chi connectivity index (χ4n) is 2.70. The molecule has 6 nitrogen and oxygen atoms in total. The maximum absolute atomic E-state index is 12.8. The van der Waals surface area contributed by atoms with E-state index >= 15 is 0 Å². The zero-order chi connectivity index (χ0) is 21.4. The molecule has 0 aliphatic heterocycles. The molecular formula is C22H26ClN3O3. The standard InChI is InChI=1S/C22H26ClN3O3/c1-4-20(27)24-17-6-5-7-18(13-17)25-22(29)19(12-14(2)3)26-21(28)15-8-10-16(23)11-9-15/h5-11,13-14,19H,4,12H2,1-3H3,(H,24,27)(H,25,29)(H,26,28). The molecule has 0 saturated carbocycles. The largest absolute Gasteiger partial charge is 0.340 e. The molecule has 1 unspecified atom stereocenters. The number of anilines is 2. The first-order valence-electron chi connectivity index (χ1n) is 9.55. The van der Waals surface area contributed by atoms with E-state index in [1.54, 1.807) is 55.5 Å². The van der Waals surface area contributed by atoms with Crippen molar-refractivity contribution in [2.45, 2.75) is 39.7 Å². The van der Waals surface area contributed by atoms with Crippen LogP contribution in [0.15, 0.2) is 48.5 Å². The van der Waals surface area contributed by atoms with Crippen molar-refractivity contribution >= 4 is 40.7 Å². The molecule has 2 aromatic rings. The number of hydrogen-bond acceptors (Lipinski definition) is 3. The smallest absolute Gasteiger partial charge is 0.251 e. The number of amides is 3. The summed E-state index contributed by atoms with van der Waals surface area (Å²) in [6.45, 7) is 5.73. The Kier molecular flexibility index (Phi) is 8.21. The van der Waals surface area contributed by atoms with Gasteiger partial charge in [0.15, 0.2) is 0 Å². The monoisotopic (exact) mass is 415 g/mol. The van der Waals surface area contributed by atoms with E-state index in [-0.39, 0.29) is 23.6 Å². The maximum Gasteiger partial charge on any atom is 0.251 e. The van der Waals surface area contributed by atoms with Gasteiger partial charge in [0.05, 0.1) is 0 Å². The van der Waals surface area contributed by atoms with Crippen molar-refractivity contribution in [1.82, 2.24) is 5.32 Å². The number of rotatable bonds is 8. The Bertz CT molecular complexity index is 866. The molecule has 0 saturated heterocycles. The molecule has 29 heavy (non-hydrogen) atoms. The van der Waals surface area contributed by atoms with Gasteiger partial charge < -0.3 is 16.0 Å². The van der Waals surface area contributed by atoms with Crippen LogP contribution in [-0.4, -0.2) is 23.8 Å². The van der Waals surface area contributed by atoms with Crippen LogP contribution in [0.1, 0.15) is 44.0 Å². The molecule has 2 rings (SSSR count). The summed E-state index contributed by atoms with van der Waals surface area (Å²) in [5.41, 5.74) is 1.57. The van der Waals surface area contributed by atoms with Crippen molar-refractivity contribution in [3.63, 3.8) is 0 Å². The van der Waals surface area contributed by atoms with Gasteiger partial charge in [-0.15, -0.1) is 0 Å². The number of hydrogen-bond donors (Lipinski definition) is 3. The second-order valence-corrected chi connectivity index (χ2v) is 7.57. The molecule has 0 bridgehead atoms. The van der Waals surface area contributed by atoms with Gasteiger partial charge in [0.1, 0.15) is 6.04 Å². The van der Waals surface area contributed by atoms with E-state index in [0.717, 1.165) is 0 Å². The minimum atomic E-state index is -0.702. The zero-order valence-corrected chi connectivity index (χ0v) is 17.5. The van der Waals surface area contributed by atoms with Gasteiger partial charge in [-0.25, -0.2) is 0 Å². The predicted molar refractivity (Wildman–Crippen MR) is 116 cm³/mol. The molecule has 7 heteroatoms. The Labute approximate surface area is 176 Å². The molecule has 0 radical (unpaired) electrons. The minimum Gasteiger partial charge on any atom is -0.340 e. The molecule has 0 heterocycles. The summed E-state index contributed by atoms with van der Waals surface area (Å²) in [4.78, 5) is 36.9. The minimum absolute atomic E-state index is 0.110. The van der Waals surface area contributed by atoms with Crippen LogP contribution in [0, 0.1) is 5.92 Å². The van der Waals surface area contributed by atoms with Crippen molar-refractivity contribution < 1.29 is 14.4 Å². The van der Waals surface area contributed by atoms with Crippen LogP contribution in [0.4, 0.5) is 11.4 Å². The SMILES string of the molecule is CCC(=O)Nc1cccc(NC(=O)C(CC(C)C)NC(=O)c2ccc(Cl)cc2)c1. The third-order valence-electron chi connectivity index (χ3n) is 4.17. The second-order valence-electron chi connectivity index (χ2n) is 7.13. The average Bonchev–Trinajstić information content (AvgIpc) is 2.67. The van der Waals surface area contributed by atoms with Gasteiger partial charge in [-0.05, 0) is 54.8 Å². The van der Waals surface area contributed by atoms with Gasteiger partial charge in [-0.1, -0.05) is 38.4 Å². The summed E-state index contributed by atoms with van der Waals surface area (Å²) < 4.78 is 0. The lowest BCUT2D eigenvalue weighted by molar-refractivity contribution is -0.118. The first-order valence-corrected chi connectivity index (χ1v) is 9.93. The fourth-order valence-corrected chi connectivity index (χ4v) is 2.83. The van der Waals surface area contributed by atoms with Gasteiger partial charge in [-0.2, -0.15) is 0 Å². The van der Waals surface area contributed by atoms with E-state index in [2.05, 4.69) is 16.0 Å². The molecule has 0 aromatic heterocycles. The van der Waals surface area contributed by atoms with Gasteiger partial charge in [0.2, 0.25) is 11.8 Å². The van der Waals surface area contributed by atoms with Gasteiger partial charge in [0, 0.05) is 28.4 Å². The van der Waals surface area contributed by atoms with Crippen LogP contribution in [0.5, 0.6) is 0 Å². The van der Waals surface area contributed by atoms with Gasteiger partial charge in [-0.3, -0.25) is 14.4 Å². The molecule has 0 fully saturated rings. The topological polar surface area (TPSA) is 87.3 Å². The number of carbonyl (C=O) groups is 3. The lowest BCUT2D eigenvalue weighted by atomic mass is 10.0. The quantitative estimate of drug-likeness (QED) is 0.594.